The van der Waals surface area contributed by atoms with Crippen LogP contribution < -0.4 is 10.2 Å². The number of likely N-dealkylation sites (tertiary alicyclic amines) is 1. The summed E-state index contributed by atoms with van der Waals surface area (Å²) >= 11 is 3.52. The van der Waals surface area contributed by atoms with Gasteiger partial charge in [-0.2, -0.15) is 0 Å². The fourth-order valence-electron chi connectivity index (χ4n) is 4.40. The number of ether oxygens (including phenoxy) is 1. The average Bonchev–Trinajstić information content (AvgIpc) is 3.48. The number of amides is 1. The van der Waals surface area contributed by atoms with Crippen LogP contribution in [0.5, 0.6) is 5.75 Å². The lowest BCUT2D eigenvalue weighted by atomic mass is 10.1. The SMILES string of the molecule is O=C(c1ccc(COc2coc(CN3Cc4ccc(Br)cc4C3)cc2=O)cc1)N1CCCC1. The highest BCUT2D eigenvalue weighted by molar-refractivity contribution is 9.10. The van der Waals surface area contributed by atoms with Crippen LogP contribution in [0.3, 0.4) is 0 Å². The zero-order valence-electron chi connectivity index (χ0n) is 18.3. The number of hydrogen-bond acceptors (Lipinski definition) is 5. The lowest BCUT2D eigenvalue weighted by Gasteiger charge is -2.15. The summed E-state index contributed by atoms with van der Waals surface area (Å²) in [6.45, 7) is 4.12. The van der Waals surface area contributed by atoms with Crippen molar-refractivity contribution in [3.8, 4) is 5.75 Å². The van der Waals surface area contributed by atoms with Gasteiger partial charge in [-0.1, -0.05) is 34.1 Å². The summed E-state index contributed by atoms with van der Waals surface area (Å²) < 4.78 is 12.5. The van der Waals surface area contributed by atoms with Gasteiger partial charge in [0.15, 0.2) is 0 Å². The highest BCUT2D eigenvalue weighted by Gasteiger charge is 2.21. The molecule has 170 valence electrons. The molecule has 0 N–H and O–H groups in total. The second-order valence-electron chi connectivity index (χ2n) is 8.62. The molecule has 33 heavy (non-hydrogen) atoms. The summed E-state index contributed by atoms with van der Waals surface area (Å²) in [7, 11) is 0. The minimum atomic E-state index is -0.198. The third kappa shape index (κ3) is 5.04. The number of halogens is 1. The third-order valence-electron chi connectivity index (χ3n) is 6.18. The number of carbonyl (C=O) groups is 1. The average molecular weight is 509 g/mol. The van der Waals surface area contributed by atoms with Gasteiger partial charge in [-0.25, -0.2) is 0 Å². The van der Waals surface area contributed by atoms with E-state index in [0.29, 0.717) is 17.9 Å². The van der Waals surface area contributed by atoms with Crippen LogP contribution in [0.15, 0.2) is 68.5 Å². The Morgan fingerprint density at radius 1 is 1.00 bits per heavy atom. The van der Waals surface area contributed by atoms with Crippen LogP contribution in [0.25, 0.3) is 0 Å². The molecule has 3 heterocycles. The van der Waals surface area contributed by atoms with Gasteiger partial charge in [0, 0.05) is 42.3 Å². The number of hydrogen-bond donors (Lipinski definition) is 0. The van der Waals surface area contributed by atoms with Crippen molar-refractivity contribution >= 4 is 21.8 Å². The minimum absolute atomic E-state index is 0.0740. The van der Waals surface area contributed by atoms with Gasteiger partial charge in [0.25, 0.3) is 5.91 Å². The number of benzene rings is 2. The van der Waals surface area contributed by atoms with Crippen molar-refractivity contribution in [2.45, 2.75) is 39.1 Å². The van der Waals surface area contributed by atoms with Crippen molar-refractivity contribution < 1.29 is 13.9 Å². The van der Waals surface area contributed by atoms with Crippen LogP contribution in [0.2, 0.25) is 0 Å². The Labute approximate surface area is 200 Å². The Balaban J connectivity index is 1.17. The molecule has 0 atom stereocenters. The first kappa shape index (κ1) is 21.9. The number of nitrogens with zero attached hydrogens (tertiary/aromatic N) is 2. The second-order valence-corrected chi connectivity index (χ2v) is 9.53. The van der Waals surface area contributed by atoms with Gasteiger partial charge >= 0.3 is 0 Å². The van der Waals surface area contributed by atoms with Crippen LogP contribution >= 0.6 is 15.9 Å². The molecule has 6 nitrogen and oxygen atoms in total. The Hall–Kier alpha value is -2.90. The molecular formula is C26H25BrN2O4. The number of carbonyl (C=O) groups excluding carboxylic acids is 1. The van der Waals surface area contributed by atoms with E-state index in [-0.39, 0.29) is 23.7 Å². The normalized spacial score (nSPS) is 15.6. The van der Waals surface area contributed by atoms with Gasteiger partial charge in [0.2, 0.25) is 11.2 Å². The van der Waals surface area contributed by atoms with Crippen molar-refractivity contribution in [2.75, 3.05) is 13.1 Å². The lowest BCUT2D eigenvalue weighted by molar-refractivity contribution is 0.0793. The molecule has 2 aliphatic rings. The molecule has 2 aliphatic heterocycles. The van der Waals surface area contributed by atoms with Crippen molar-refractivity contribution in [1.82, 2.24) is 9.80 Å². The minimum Gasteiger partial charge on any atom is -0.482 e. The molecule has 0 bridgehead atoms. The summed E-state index contributed by atoms with van der Waals surface area (Å²) in [5.74, 6) is 0.874. The van der Waals surface area contributed by atoms with Gasteiger partial charge in [-0.05, 0) is 53.8 Å². The maximum Gasteiger partial charge on any atom is 0.253 e. The van der Waals surface area contributed by atoms with E-state index in [9.17, 15) is 9.59 Å². The van der Waals surface area contributed by atoms with Gasteiger partial charge < -0.3 is 14.1 Å². The highest BCUT2D eigenvalue weighted by atomic mass is 79.9. The molecule has 1 fully saturated rings. The Morgan fingerprint density at radius 2 is 1.76 bits per heavy atom. The second kappa shape index (κ2) is 9.53. The van der Waals surface area contributed by atoms with Gasteiger partial charge in [-0.3, -0.25) is 14.5 Å². The molecule has 2 aromatic carbocycles. The maximum atomic E-state index is 12.5. The summed E-state index contributed by atoms with van der Waals surface area (Å²) in [5.41, 5.74) is 3.96. The van der Waals surface area contributed by atoms with Gasteiger partial charge in [0.1, 0.15) is 18.6 Å². The maximum absolute atomic E-state index is 12.5. The van der Waals surface area contributed by atoms with E-state index in [4.69, 9.17) is 9.15 Å². The van der Waals surface area contributed by atoms with E-state index in [1.807, 2.05) is 35.2 Å². The van der Waals surface area contributed by atoms with Gasteiger partial charge in [-0.15, -0.1) is 0 Å². The molecule has 0 unspecified atom stereocenters. The first-order valence-corrected chi connectivity index (χ1v) is 12.0. The zero-order chi connectivity index (χ0) is 22.8. The Bertz CT molecular complexity index is 1220. The lowest BCUT2D eigenvalue weighted by Crippen LogP contribution is -2.27. The van der Waals surface area contributed by atoms with Crippen molar-refractivity contribution in [2.24, 2.45) is 0 Å². The molecular weight excluding hydrogens is 484 g/mol. The largest absolute Gasteiger partial charge is 0.482 e. The molecule has 1 aromatic heterocycles. The van der Waals surface area contributed by atoms with E-state index in [1.54, 1.807) is 0 Å². The Morgan fingerprint density at radius 3 is 2.52 bits per heavy atom. The fourth-order valence-corrected chi connectivity index (χ4v) is 4.81. The van der Waals surface area contributed by atoms with Crippen LogP contribution in [-0.2, 0) is 26.2 Å². The van der Waals surface area contributed by atoms with Crippen molar-refractivity contribution in [3.05, 3.63) is 97.5 Å². The molecule has 0 aliphatic carbocycles. The number of fused-ring (bicyclic) bond motifs is 1. The smallest absolute Gasteiger partial charge is 0.253 e. The molecule has 0 radical (unpaired) electrons. The third-order valence-corrected chi connectivity index (χ3v) is 6.67. The van der Waals surface area contributed by atoms with Crippen LogP contribution in [0.1, 0.15) is 45.7 Å². The van der Waals surface area contributed by atoms with E-state index < -0.39 is 0 Å². The van der Waals surface area contributed by atoms with E-state index >= 15 is 0 Å². The van der Waals surface area contributed by atoms with E-state index in [0.717, 1.165) is 49.1 Å². The molecule has 7 heteroatoms. The molecule has 1 amide bonds. The molecule has 3 aromatic rings. The number of rotatable bonds is 6. The monoisotopic (exact) mass is 508 g/mol. The topological polar surface area (TPSA) is 63.0 Å². The molecule has 5 rings (SSSR count). The summed E-state index contributed by atoms with van der Waals surface area (Å²) in [6, 6.07) is 15.2. The first-order valence-electron chi connectivity index (χ1n) is 11.2. The quantitative estimate of drug-likeness (QED) is 0.481. The van der Waals surface area contributed by atoms with Crippen molar-refractivity contribution in [1.29, 1.82) is 0 Å². The van der Waals surface area contributed by atoms with Crippen molar-refractivity contribution in [3.63, 3.8) is 0 Å². The predicted octanol–water partition coefficient (Wildman–Crippen LogP) is 4.73. The summed E-state index contributed by atoms with van der Waals surface area (Å²) in [6.07, 6.45) is 3.54. The van der Waals surface area contributed by atoms with Crippen LogP contribution in [0.4, 0.5) is 0 Å². The fraction of sp³-hybridized carbons (Fsp3) is 0.308. The van der Waals surface area contributed by atoms with Crippen LogP contribution in [0, 0.1) is 0 Å². The Kier molecular flexibility index (Phi) is 6.33. The highest BCUT2D eigenvalue weighted by Crippen LogP contribution is 2.27. The summed E-state index contributed by atoms with van der Waals surface area (Å²) in [5, 5.41) is 0. The van der Waals surface area contributed by atoms with Gasteiger partial charge in [0.05, 0.1) is 6.54 Å². The molecule has 0 spiro atoms. The molecule has 0 saturated carbocycles. The zero-order valence-corrected chi connectivity index (χ0v) is 19.8. The van der Waals surface area contributed by atoms with E-state index in [1.165, 1.54) is 23.5 Å². The molecule has 1 saturated heterocycles. The van der Waals surface area contributed by atoms with Crippen LogP contribution in [-0.4, -0.2) is 28.8 Å². The van der Waals surface area contributed by atoms with E-state index in [2.05, 4.69) is 33.0 Å². The predicted molar refractivity (Wildman–Crippen MR) is 128 cm³/mol. The first-order chi connectivity index (χ1) is 16.0. The standard InChI is InChI=1S/C26H25BrN2O4/c27-22-8-7-20-13-28(14-21(20)11-22)15-23-12-24(30)25(17-32-23)33-16-18-3-5-19(6-4-18)26(31)29-9-1-2-10-29/h3-8,11-12,17H,1-2,9-10,13-16H2. The summed E-state index contributed by atoms with van der Waals surface area (Å²) in [4.78, 5) is 29.1.